The highest BCUT2D eigenvalue weighted by Crippen LogP contribution is 2.39. The first-order chi connectivity index (χ1) is 20.1. The van der Waals surface area contributed by atoms with E-state index in [9.17, 15) is 39.9 Å². The number of aliphatic hydroxyl groups is 1. The molecule has 234 valence electrons. The van der Waals surface area contributed by atoms with Crippen LogP contribution in [0.15, 0.2) is 58.8 Å². The molecule has 0 amide bonds. The molecule has 1 aromatic heterocycles. The van der Waals surface area contributed by atoms with Gasteiger partial charge in [-0.3, -0.25) is 0 Å². The first-order valence-electron chi connectivity index (χ1n) is 13.0. The molecule has 1 aliphatic carbocycles. The molecule has 4 rings (SSSR count). The van der Waals surface area contributed by atoms with Crippen LogP contribution in [-0.2, 0) is 22.4 Å². The summed E-state index contributed by atoms with van der Waals surface area (Å²) in [5.74, 6) is 0.607. The summed E-state index contributed by atoms with van der Waals surface area (Å²) >= 11 is 5.99. The zero-order chi connectivity index (χ0) is 31.4. The molecular formula is C27H27F6N3O4S3. The van der Waals surface area contributed by atoms with E-state index < -0.39 is 39.2 Å². The maximum Gasteiger partial charge on any atom is 0.416 e. The molecule has 2 aromatic carbocycles. The van der Waals surface area contributed by atoms with Crippen molar-refractivity contribution in [1.29, 1.82) is 0 Å². The summed E-state index contributed by atoms with van der Waals surface area (Å²) in [5, 5.41) is 14.3. The van der Waals surface area contributed by atoms with E-state index in [-0.39, 0.29) is 40.7 Å². The van der Waals surface area contributed by atoms with Gasteiger partial charge in [-0.25, -0.2) is 13.1 Å². The number of thiocarbonyl (C=S) groups is 1. The van der Waals surface area contributed by atoms with Crippen LogP contribution < -0.4 is 20.1 Å². The normalized spacial score (nSPS) is 17.8. The summed E-state index contributed by atoms with van der Waals surface area (Å²) in [6.07, 6.45) is -7.67. The van der Waals surface area contributed by atoms with Gasteiger partial charge in [-0.2, -0.15) is 26.3 Å². The Kier molecular flexibility index (Phi) is 10.3. The van der Waals surface area contributed by atoms with E-state index in [0.717, 1.165) is 16.9 Å². The lowest BCUT2D eigenvalue weighted by atomic mass is 9.95. The van der Waals surface area contributed by atoms with E-state index in [1.807, 2.05) is 18.2 Å². The number of benzene rings is 2. The second kappa shape index (κ2) is 13.4. The molecule has 0 aliphatic heterocycles. The van der Waals surface area contributed by atoms with Gasteiger partial charge in [0.15, 0.2) is 5.11 Å². The number of thiophene rings is 1. The zero-order valence-corrected chi connectivity index (χ0v) is 24.7. The summed E-state index contributed by atoms with van der Waals surface area (Å²) in [4.78, 5) is 0.662. The fraction of sp³-hybridized carbons (Fsp3) is 0.370. The summed E-state index contributed by atoms with van der Waals surface area (Å²) in [5.41, 5.74) is -2.81. The number of aliphatic hydroxyl groups excluding tert-OH is 1. The second-order valence-electron chi connectivity index (χ2n) is 9.74. The summed E-state index contributed by atoms with van der Waals surface area (Å²) < 4.78 is 113. The Hall–Kier alpha value is -2.92. The largest absolute Gasteiger partial charge is 0.490 e. The molecule has 16 heteroatoms. The highest BCUT2D eigenvalue weighted by Gasteiger charge is 2.37. The van der Waals surface area contributed by atoms with Crippen LogP contribution in [0, 0.1) is 0 Å². The first kappa shape index (κ1) is 33.0. The van der Waals surface area contributed by atoms with Crippen molar-refractivity contribution in [2.24, 2.45) is 0 Å². The molecule has 1 saturated carbocycles. The Balaban J connectivity index is 1.33. The minimum atomic E-state index is -5.01. The number of alkyl halides is 6. The van der Waals surface area contributed by atoms with Crippen molar-refractivity contribution in [2.45, 2.75) is 54.5 Å². The molecule has 0 saturated heterocycles. The number of ether oxygens (including phenoxy) is 1. The number of nitrogens with one attached hydrogen (secondary N) is 3. The van der Waals surface area contributed by atoms with Gasteiger partial charge in [0.05, 0.1) is 23.3 Å². The first-order valence-corrected chi connectivity index (χ1v) is 15.7. The van der Waals surface area contributed by atoms with Gasteiger partial charge in [-0.15, -0.1) is 11.3 Å². The molecule has 1 heterocycles. The van der Waals surface area contributed by atoms with Crippen molar-refractivity contribution in [2.75, 3.05) is 18.4 Å². The third-order valence-corrected chi connectivity index (χ3v) is 9.80. The van der Waals surface area contributed by atoms with Crippen LogP contribution in [0.3, 0.4) is 0 Å². The Morgan fingerprint density at radius 2 is 1.56 bits per heavy atom. The molecule has 0 atom stereocenters. The molecule has 43 heavy (non-hydrogen) atoms. The fourth-order valence-electron chi connectivity index (χ4n) is 4.36. The molecule has 0 radical (unpaired) electrons. The number of sulfonamides is 1. The van der Waals surface area contributed by atoms with Crippen LogP contribution in [0.1, 0.15) is 36.8 Å². The van der Waals surface area contributed by atoms with Crippen molar-refractivity contribution in [3.63, 3.8) is 0 Å². The maximum absolute atomic E-state index is 13.1. The lowest BCUT2D eigenvalue weighted by molar-refractivity contribution is -0.143. The van der Waals surface area contributed by atoms with Crippen LogP contribution in [0.25, 0.3) is 10.4 Å². The summed E-state index contributed by atoms with van der Waals surface area (Å²) in [7, 11) is -3.95. The number of hydrogen-bond donors (Lipinski definition) is 4. The minimum absolute atomic E-state index is 0.000872. The predicted octanol–water partition coefficient (Wildman–Crippen LogP) is 6.40. The molecule has 4 N–H and O–H groups in total. The molecule has 0 bridgehead atoms. The Bertz CT molecular complexity index is 1500. The van der Waals surface area contributed by atoms with Gasteiger partial charge in [0.1, 0.15) is 9.96 Å². The van der Waals surface area contributed by atoms with E-state index in [2.05, 4.69) is 15.4 Å². The van der Waals surface area contributed by atoms with Crippen LogP contribution in [0.2, 0.25) is 0 Å². The van der Waals surface area contributed by atoms with Crippen LogP contribution in [0.4, 0.5) is 32.0 Å². The lowest BCUT2D eigenvalue weighted by Gasteiger charge is -2.27. The molecule has 7 nitrogen and oxygen atoms in total. The number of para-hydroxylation sites is 1. The third-order valence-electron chi connectivity index (χ3n) is 6.48. The van der Waals surface area contributed by atoms with E-state index in [1.54, 1.807) is 12.1 Å². The average molecular weight is 668 g/mol. The lowest BCUT2D eigenvalue weighted by Crippen LogP contribution is -2.36. The SMILES string of the molecule is O=S(=O)(NCCNC(=S)Nc1cc(C(F)(F)F)cc(C(F)(F)F)c1)c1ccc(-c2ccccc2OC2CCC(O)CC2)s1. The van der Waals surface area contributed by atoms with Gasteiger partial charge in [0.2, 0.25) is 10.0 Å². The van der Waals surface area contributed by atoms with E-state index in [1.165, 1.54) is 6.07 Å². The smallest absolute Gasteiger partial charge is 0.416 e. The zero-order valence-electron chi connectivity index (χ0n) is 22.3. The van der Waals surface area contributed by atoms with Gasteiger partial charge in [-0.05, 0) is 80.4 Å². The third kappa shape index (κ3) is 9.04. The second-order valence-corrected chi connectivity index (χ2v) is 13.2. The Morgan fingerprint density at radius 3 is 2.19 bits per heavy atom. The number of hydrogen-bond acceptors (Lipinski definition) is 6. The number of anilines is 1. The number of halogens is 6. The van der Waals surface area contributed by atoms with Gasteiger partial charge in [-0.1, -0.05) is 12.1 Å². The van der Waals surface area contributed by atoms with E-state index in [0.29, 0.717) is 48.4 Å². The monoisotopic (exact) mass is 667 g/mol. The number of rotatable bonds is 9. The highest BCUT2D eigenvalue weighted by atomic mass is 32.2. The minimum Gasteiger partial charge on any atom is -0.490 e. The van der Waals surface area contributed by atoms with Gasteiger partial charge in [0.25, 0.3) is 0 Å². The van der Waals surface area contributed by atoms with Crippen LogP contribution in [0.5, 0.6) is 5.75 Å². The molecule has 1 fully saturated rings. The molecule has 3 aromatic rings. The van der Waals surface area contributed by atoms with Gasteiger partial charge in [0, 0.05) is 29.2 Å². The average Bonchev–Trinajstić information content (AvgIpc) is 3.43. The summed E-state index contributed by atoms with van der Waals surface area (Å²) in [6.45, 7) is -0.290. The van der Waals surface area contributed by atoms with E-state index in [4.69, 9.17) is 17.0 Å². The van der Waals surface area contributed by atoms with Crippen molar-refractivity contribution in [1.82, 2.24) is 10.0 Å². The Labute approximate surface area is 253 Å². The van der Waals surface area contributed by atoms with Crippen molar-refractivity contribution in [3.05, 3.63) is 65.7 Å². The summed E-state index contributed by atoms with van der Waals surface area (Å²) in [6, 6.07) is 11.3. The highest BCUT2D eigenvalue weighted by molar-refractivity contribution is 7.91. The van der Waals surface area contributed by atoms with E-state index >= 15 is 0 Å². The van der Waals surface area contributed by atoms with Crippen LogP contribution in [-0.4, -0.2) is 43.9 Å². The molecule has 1 aliphatic rings. The van der Waals surface area contributed by atoms with Crippen LogP contribution >= 0.6 is 23.6 Å². The fourth-order valence-corrected chi connectivity index (χ4v) is 6.99. The van der Waals surface area contributed by atoms with Crippen molar-refractivity contribution in [3.8, 4) is 16.2 Å². The predicted molar refractivity (Wildman–Crippen MR) is 155 cm³/mol. The quantitative estimate of drug-likeness (QED) is 0.119. The topological polar surface area (TPSA) is 99.7 Å². The van der Waals surface area contributed by atoms with Gasteiger partial charge >= 0.3 is 12.4 Å². The molecule has 0 unspecified atom stereocenters. The standard InChI is InChI=1S/C27H27F6N3O4S3/c28-26(29,30)16-13-17(27(31,32)33)15-18(14-16)36-25(41)34-11-12-35-43(38,39)24-10-9-23(42-24)21-3-1-2-4-22(21)40-20-7-5-19(37)6-8-20/h1-4,9-10,13-15,19-20,35,37H,5-8,11-12H2,(H2,34,36,41). The maximum atomic E-state index is 13.1. The molecular weight excluding hydrogens is 641 g/mol. The van der Waals surface area contributed by atoms with Crippen molar-refractivity contribution < 1.29 is 44.6 Å². The van der Waals surface area contributed by atoms with Gasteiger partial charge < -0.3 is 20.5 Å². The molecule has 0 spiro atoms. The van der Waals surface area contributed by atoms with Crippen molar-refractivity contribution >= 4 is 44.4 Å². The Morgan fingerprint density at radius 1 is 0.930 bits per heavy atom.